The normalized spacial score (nSPS) is 13.1. The molecule has 6 rings (SSSR count). The van der Waals surface area contributed by atoms with Crippen LogP contribution in [0.4, 0.5) is 0 Å². The first-order valence-electron chi connectivity index (χ1n) is 8.69. The van der Waals surface area contributed by atoms with Gasteiger partial charge in [0.25, 0.3) is 0 Å². The van der Waals surface area contributed by atoms with Crippen LogP contribution in [-0.2, 0) is 0 Å². The Morgan fingerprint density at radius 2 is 1.56 bits per heavy atom. The highest BCUT2D eigenvalue weighted by Gasteiger charge is 2.22. The number of aromatic nitrogens is 2. The summed E-state index contributed by atoms with van der Waals surface area (Å²) in [5.41, 5.74) is 5.32. The molecular weight excluding hydrogens is 451 g/mol. The Kier molecular flexibility index (Phi) is 3.17. The van der Waals surface area contributed by atoms with Gasteiger partial charge in [0, 0.05) is 14.3 Å². The van der Waals surface area contributed by atoms with Gasteiger partial charge in [0.1, 0.15) is 5.65 Å². The Balaban J connectivity index is 1.89. The van der Waals surface area contributed by atoms with Crippen LogP contribution in [0.2, 0.25) is 0 Å². The molecule has 0 saturated heterocycles. The average Bonchev–Trinajstić information content (AvgIpc) is 3.32. The summed E-state index contributed by atoms with van der Waals surface area (Å²) in [5, 5.41) is 2.20. The summed E-state index contributed by atoms with van der Waals surface area (Å²) in [4.78, 5) is 4.96. The van der Waals surface area contributed by atoms with Crippen LogP contribution in [0, 0.1) is 3.57 Å². The molecule has 4 nitrogen and oxygen atoms in total. The van der Waals surface area contributed by atoms with Crippen LogP contribution in [-0.4, -0.2) is 16.2 Å². The molecule has 0 spiro atoms. The van der Waals surface area contributed by atoms with Crippen LogP contribution in [0.15, 0.2) is 66.7 Å². The zero-order chi connectivity index (χ0) is 18.0. The summed E-state index contributed by atoms with van der Waals surface area (Å²) in [6, 6.07) is 22.9. The highest BCUT2D eigenvalue weighted by Crippen LogP contribution is 2.42. The van der Waals surface area contributed by atoms with Gasteiger partial charge in [0.15, 0.2) is 11.5 Å². The predicted molar refractivity (Wildman–Crippen MR) is 114 cm³/mol. The zero-order valence-electron chi connectivity index (χ0n) is 14.1. The molecule has 0 bridgehead atoms. The third-order valence-electron chi connectivity index (χ3n) is 5.03. The van der Waals surface area contributed by atoms with E-state index in [4.69, 9.17) is 14.5 Å². The molecule has 0 N–H and O–H groups in total. The summed E-state index contributed by atoms with van der Waals surface area (Å²) in [5.74, 6) is 1.57. The van der Waals surface area contributed by atoms with Gasteiger partial charge in [-0.05, 0) is 52.4 Å². The Hall–Kier alpha value is -2.80. The molecule has 0 fully saturated rings. The number of imidazole rings is 1. The summed E-state index contributed by atoms with van der Waals surface area (Å²) < 4.78 is 14.7. The van der Waals surface area contributed by atoms with Gasteiger partial charge in [-0.25, -0.2) is 4.98 Å². The molecular formula is C22H13IN2O2. The van der Waals surface area contributed by atoms with E-state index in [-0.39, 0.29) is 6.79 Å². The van der Waals surface area contributed by atoms with E-state index in [1.165, 1.54) is 3.57 Å². The molecule has 130 valence electrons. The first-order chi connectivity index (χ1) is 13.3. The number of hydrogen-bond acceptors (Lipinski definition) is 3. The highest BCUT2D eigenvalue weighted by atomic mass is 127. The van der Waals surface area contributed by atoms with Gasteiger partial charge in [-0.2, -0.15) is 0 Å². The van der Waals surface area contributed by atoms with Gasteiger partial charge in [-0.1, -0.05) is 42.5 Å². The SMILES string of the molecule is Ic1c(-c2ccccc2)n2c3ccccc3nc2c2cc3c(cc12)OCO3. The first kappa shape index (κ1) is 15.3. The molecule has 0 amide bonds. The second-order valence-corrected chi connectivity index (χ2v) is 7.62. The molecule has 0 radical (unpaired) electrons. The van der Waals surface area contributed by atoms with E-state index in [9.17, 15) is 0 Å². The topological polar surface area (TPSA) is 35.8 Å². The van der Waals surface area contributed by atoms with Crippen molar-refractivity contribution in [2.75, 3.05) is 6.79 Å². The Bertz CT molecular complexity index is 1360. The van der Waals surface area contributed by atoms with Gasteiger partial charge < -0.3 is 9.47 Å². The van der Waals surface area contributed by atoms with Crippen molar-refractivity contribution in [3.05, 3.63) is 70.3 Å². The number of pyridine rings is 1. The number of fused-ring (bicyclic) bond motifs is 6. The molecule has 0 atom stereocenters. The maximum absolute atomic E-state index is 5.63. The summed E-state index contributed by atoms with van der Waals surface area (Å²) in [6.45, 7) is 0.264. The van der Waals surface area contributed by atoms with Crippen LogP contribution in [0.25, 0.3) is 38.7 Å². The Morgan fingerprint density at radius 1 is 0.852 bits per heavy atom. The maximum Gasteiger partial charge on any atom is 0.231 e. The molecule has 1 aliphatic heterocycles. The third-order valence-corrected chi connectivity index (χ3v) is 6.12. The number of ether oxygens (including phenoxy) is 2. The lowest BCUT2D eigenvalue weighted by Crippen LogP contribution is -1.98. The predicted octanol–water partition coefficient (Wildman–Crippen LogP) is 5.64. The molecule has 2 aromatic heterocycles. The largest absolute Gasteiger partial charge is 0.454 e. The lowest BCUT2D eigenvalue weighted by molar-refractivity contribution is 0.174. The van der Waals surface area contributed by atoms with E-state index in [2.05, 4.69) is 81.6 Å². The van der Waals surface area contributed by atoms with Crippen molar-refractivity contribution < 1.29 is 9.47 Å². The van der Waals surface area contributed by atoms with Crippen molar-refractivity contribution in [2.24, 2.45) is 0 Å². The fourth-order valence-electron chi connectivity index (χ4n) is 3.82. The fraction of sp³-hybridized carbons (Fsp3) is 0.0455. The van der Waals surface area contributed by atoms with E-state index < -0.39 is 0 Å². The van der Waals surface area contributed by atoms with E-state index >= 15 is 0 Å². The van der Waals surface area contributed by atoms with Crippen molar-refractivity contribution in [2.45, 2.75) is 0 Å². The molecule has 0 unspecified atom stereocenters. The second-order valence-electron chi connectivity index (χ2n) is 6.54. The molecule has 1 aliphatic rings. The third kappa shape index (κ3) is 2.12. The van der Waals surface area contributed by atoms with Crippen LogP contribution < -0.4 is 9.47 Å². The summed E-state index contributed by atoms with van der Waals surface area (Å²) in [6.07, 6.45) is 0. The van der Waals surface area contributed by atoms with Gasteiger partial charge in [0.2, 0.25) is 6.79 Å². The number of para-hydroxylation sites is 2. The van der Waals surface area contributed by atoms with Gasteiger partial charge in [0.05, 0.1) is 16.7 Å². The van der Waals surface area contributed by atoms with E-state index in [0.717, 1.165) is 50.2 Å². The van der Waals surface area contributed by atoms with Crippen molar-refractivity contribution in [3.8, 4) is 22.8 Å². The van der Waals surface area contributed by atoms with Crippen LogP contribution in [0.5, 0.6) is 11.5 Å². The number of nitrogens with zero attached hydrogens (tertiary/aromatic N) is 2. The molecule has 27 heavy (non-hydrogen) atoms. The fourth-order valence-corrected chi connectivity index (χ4v) is 4.82. The van der Waals surface area contributed by atoms with Crippen molar-refractivity contribution in [1.82, 2.24) is 9.38 Å². The lowest BCUT2D eigenvalue weighted by atomic mass is 10.1. The standard InChI is InChI=1S/C22H13IN2O2/c23-20-14-10-18-19(27-12-26-18)11-15(14)22-24-16-8-4-5-9-17(16)25(22)21(20)13-6-2-1-3-7-13/h1-11H,12H2. The smallest absolute Gasteiger partial charge is 0.231 e. The van der Waals surface area contributed by atoms with E-state index in [0.29, 0.717) is 0 Å². The molecule has 5 aromatic rings. The molecule has 3 heterocycles. The minimum atomic E-state index is 0.264. The maximum atomic E-state index is 5.63. The highest BCUT2D eigenvalue weighted by molar-refractivity contribution is 14.1. The van der Waals surface area contributed by atoms with E-state index in [1.54, 1.807) is 0 Å². The van der Waals surface area contributed by atoms with Crippen LogP contribution >= 0.6 is 22.6 Å². The van der Waals surface area contributed by atoms with Crippen molar-refractivity contribution >= 4 is 50.0 Å². The van der Waals surface area contributed by atoms with Gasteiger partial charge in [-0.3, -0.25) is 4.40 Å². The van der Waals surface area contributed by atoms with Gasteiger partial charge in [-0.15, -0.1) is 0 Å². The number of rotatable bonds is 1. The average molecular weight is 464 g/mol. The zero-order valence-corrected chi connectivity index (χ0v) is 16.3. The van der Waals surface area contributed by atoms with E-state index in [1.807, 2.05) is 12.1 Å². The number of hydrogen-bond donors (Lipinski definition) is 0. The minimum Gasteiger partial charge on any atom is -0.454 e. The first-order valence-corrected chi connectivity index (χ1v) is 9.76. The molecule has 5 heteroatoms. The van der Waals surface area contributed by atoms with Crippen molar-refractivity contribution in [1.29, 1.82) is 0 Å². The Labute approximate surface area is 168 Å². The molecule has 3 aromatic carbocycles. The lowest BCUT2D eigenvalue weighted by Gasteiger charge is -2.14. The second kappa shape index (κ2) is 5.60. The molecule has 0 saturated carbocycles. The summed E-state index contributed by atoms with van der Waals surface area (Å²) in [7, 11) is 0. The molecule has 0 aliphatic carbocycles. The summed E-state index contributed by atoms with van der Waals surface area (Å²) >= 11 is 2.44. The minimum absolute atomic E-state index is 0.264. The Morgan fingerprint density at radius 3 is 2.37 bits per heavy atom. The van der Waals surface area contributed by atoms with Crippen LogP contribution in [0.3, 0.4) is 0 Å². The van der Waals surface area contributed by atoms with Crippen LogP contribution in [0.1, 0.15) is 0 Å². The van der Waals surface area contributed by atoms with Crippen molar-refractivity contribution in [3.63, 3.8) is 0 Å². The number of benzene rings is 3. The quantitative estimate of drug-likeness (QED) is 0.301. The number of halogens is 1. The van der Waals surface area contributed by atoms with Gasteiger partial charge >= 0.3 is 0 Å². The monoisotopic (exact) mass is 464 g/mol.